The molecular weight excluding hydrogens is 314 g/mol. The maximum absolute atomic E-state index is 12.6. The van der Waals surface area contributed by atoms with Crippen molar-refractivity contribution in [3.8, 4) is 5.75 Å². The number of methoxy groups -OCH3 is 1. The van der Waals surface area contributed by atoms with Crippen LogP contribution in [0.3, 0.4) is 0 Å². The first-order valence-electron chi connectivity index (χ1n) is 7.14. The molecule has 2 amide bonds. The van der Waals surface area contributed by atoms with Crippen molar-refractivity contribution in [2.24, 2.45) is 0 Å². The van der Waals surface area contributed by atoms with Crippen molar-refractivity contribution in [1.82, 2.24) is 0 Å². The number of nitrogens with one attached hydrogen (secondary N) is 1. The number of benzene rings is 2. The van der Waals surface area contributed by atoms with Gasteiger partial charge in [0, 0.05) is 6.07 Å². The summed E-state index contributed by atoms with van der Waals surface area (Å²) in [6.45, 7) is -0.269. The molecule has 0 aliphatic carbocycles. The summed E-state index contributed by atoms with van der Waals surface area (Å²) in [6, 6.07) is 12.0. The highest BCUT2D eigenvalue weighted by Gasteiger charge is 2.22. The Kier molecular flexibility index (Phi) is 5.69. The van der Waals surface area contributed by atoms with E-state index in [1.807, 2.05) is 0 Å². The van der Waals surface area contributed by atoms with Gasteiger partial charge in [-0.2, -0.15) is 0 Å². The lowest BCUT2D eigenvalue weighted by atomic mass is 10.2. The number of urea groups is 1. The maximum Gasteiger partial charge on any atom is 0.326 e. The molecule has 0 fully saturated rings. The minimum atomic E-state index is -0.608. The quantitative estimate of drug-likeness (QED) is 0.625. The molecule has 0 spiro atoms. The average molecular weight is 331 g/mol. The number of amides is 2. The normalized spacial score (nSPS) is 10.1. The molecule has 0 bridgehead atoms. The smallest absolute Gasteiger partial charge is 0.326 e. The van der Waals surface area contributed by atoms with E-state index in [0.29, 0.717) is 11.4 Å². The molecule has 0 aromatic heterocycles. The Hall–Kier alpha value is -3.13. The number of rotatable bonds is 6. The van der Waals surface area contributed by atoms with E-state index in [2.05, 4.69) is 5.32 Å². The molecule has 0 heterocycles. The fourth-order valence-corrected chi connectivity index (χ4v) is 2.21. The Morgan fingerprint density at radius 3 is 2.58 bits per heavy atom. The Labute approximate surface area is 138 Å². The van der Waals surface area contributed by atoms with Gasteiger partial charge in [0.2, 0.25) is 0 Å². The topological polar surface area (TPSA) is 105 Å². The molecule has 126 valence electrons. The second kappa shape index (κ2) is 7.93. The highest BCUT2D eigenvalue weighted by Crippen LogP contribution is 2.29. The molecule has 0 atom stereocenters. The summed E-state index contributed by atoms with van der Waals surface area (Å²) in [5.74, 6) is 0.448. The fourth-order valence-electron chi connectivity index (χ4n) is 2.21. The van der Waals surface area contributed by atoms with Crippen LogP contribution in [0.4, 0.5) is 21.9 Å². The van der Waals surface area contributed by atoms with Crippen molar-refractivity contribution in [1.29, 1.82) is 0 Å². The van der Waals surface area contributed by atoms with Gasteiger partial charge in [0.1, 0.15) is 11.4 Å². The van der Waals surface area contributed by atoms with E-state index >= 15 is 0 Å². The number of hydrogen-bond acceptors (Lipinski definition) is 5. The third kappa shape index (κ3) is 3.79. The number of hydrogen-bond donors (Lipinski definition) is 2. The number of para-hydroxylation sites is 4. The number of ether oxygens (including phenoxy) is 1. The van der Waals surface area contributed by atoms with Gasteiger partial charge in [-0.15, -0.1) is 0 Å². The van der Waals surface area contributed by atoms with E-state index in [0.717, 1.165) is 0 Å². The molecule has 0 radical (unpaired) electrons. The molecule has 0 saturated carbocycles. The third-order valence-corrected chi connectivity index (χ3v) is 3.29. The van der Waals surface area contributed by atoms with Crippen molar-refractivity contribution in [3.05, 3.63) is 58.6 Å². The number of nitro benzene ring substituents is 1. The predicted molar refractivity (Wildman–Crippen MR) is 89.5 cm³/mol. The Bertz CT molecular complexity index is 735. The summed E-state index contributed by atoms with van der Waals surface area (Å²) in [6.07, 6.45) is 0. The van der Waals surface area contributed by atoms with E-state index in [1.54, 1.807) is 30.3 Å². The Balaban J connectivity index is 2.32. The van der Waals surface area contributed by atoms with E-state index in [9.17, 15) is 20.0 Å². The van der Waals surface area contributed by atoms with Crippen LogP contribution >= 0.6 is 0 Å². The molecule has 0 unspecified atom stereocenters. The molecule has 2 aromatic carbocycles. The van der Waals surface area contributed by atoms with Crippen LogP contribution in [0.5, 0.6) is 5.75 Å². The van der Waals surface area contributed by atoms with Gasteiger partial charge < -0.3 is 15.2 Å². The minimum Gasteiger partial charge on any atom is -0.495 e. The van der Waals surface area contributed by atoms with Crippen LogP contribution in [-0.4, -0.2) is 36.3 Å². The summed E-state index contributed by atoms with van der Waals surface area (Å²) >= 11 is 0. The van der Waals surface area contributed by atoms with Gasteiger partial charge in [0.15, 0.2) is 0 Å². The maximum atomic E-state index is 12.6. The van der Waals surface area contributed by atoms with Gasteiger partial charge >= 0.3 is 6.03 Å². The third-order valence-electron chi connectivity index (χ3n) is 3.29. The highest BCUT2D eigenvalue weighted by molar-refractivity contribution is 6.03. The van der Waals surface area contributed by atoms with Crippen molar-refractivity contribution in [2.45, 2.75) is 0 Å². The molecule has 8 nitrogen and oxygen atoms in total. The Morgan fingerprint density at radius 2 is 1.92 bits per heavy atom. The van der Waals surface area contributed by atoms with Crippen LogP contribution in [-0.2, 0) is 0 Å². The first kappa shape index (κ1) is 17.2. The number of nitro groups is 1. The summed E-state index contributed by atoms with van der Waals surface area (Å²) in [5, 5.41) is 22.8. The number of carbonyl (C=O) groups is 1. The summed E-state index contributed by atoms with van der Waals surface area (Å²) in [5.41, 5.74) is 0.310. The Morgan fingerprint density at radius 1 is 1.25 bits per heavy atom. The monoisotopic (exact) mass is 331 g/mol. The van der Waals surface area contributed by atoms with Crippen LogP contribution in [0, 0.1) is 10.1 Å². The molecule has 8 heteroatoms. The molecule has 0 aliphatic rings. The number of aliphatic hydroxyl groups is 1. The first-order valence-corrected chi connectivity index (χ1v) is 7.14. The van der Waals surface area contributed by atoms with Crippen LogP contribution in [0.15, 0.2) is 48.5 Å². The molecule has 24 heavy (non-hydrogen) atoms. The number of aliphatic hydroxyl groups excluding tert-OH is 1. The largest absolute Gasteiger partial charge is 0.495 e. The first-order chi connectivity index (χ1) is 11.6. The van der Waals surface area contributed by atoms with Gasteiger partial charge in [-0.3, -0.25) is 15.0 Å². The average Bonchev–Trinajstić information content (AvgIpc) is 2.59. The SMILES string of the molecule is COc1ccccc1N(CCO)C(=O)Nc1ccccc1[N+](=O)[O-]. The predicted octanol–water partition coefficient (Wildman–Crippen LogP) is 2.63. The molecule has 2 rings (SSSR count). The van der Waals surface area contributed by atoms with Crippen molar-refractivity contribution >= 4 is 23.1 Å². The van der Waals surface area contributed by atoms with Gasteiger partial charge in [0.05, 0.1) is 30.9 Å². The molecule has 0 saturated heterocycles. The zero-order chi connectivity index (χ0) is 17.5. The molecule has 2 aromatic rings. The minimum absolute atomic E-state index is 0.00678. The zero-order valence-corrected chi connectivity index (χ0v) is 13.0. The number of nitrogens with zero attached hydrogens (tertiary/aromatic N) is 2. The lowest BCUT2D eigenvalue weighted by Crippen LogP contribution is -2.37. The summed E-state index contributed by atoms with van der Waals surface area (Å²) in [4.78, 5) is 24.3. The van der Waals surface area contributed by atoms with Gasteiger partial charge in [-0.1, -0.05) is 24.3 Å². The van der Waals surface area contributed by atoms with Crippen molar-refractivity contribution in [3.63, 3.8) is 0 Å². The molecule has 2 N–H and O–H groups in total. The lowest BCUT2D eigenvalue weighted by molar-refractivity contribution is -0.383. The second-order valence-electron chi connectivity index (χ2n) is 4.75. The lowest BCUT2D eigenvalue weighted by Gasteiger charge is -2.24. The van der Waals surface area contributed by atoms with Gasteiger partial charge in [-0.25, -0.2) is 4.79 Å². The van der Waals surface area contributed by atoms with Crippen LogP contribution in [0.1, 0.15) is 0 Å². The van der Waals surface area contributed by atoms with Crippen LogP contribution < -0.4 is 15.0 Å². The molecule has 0 aliphatic heterocycles. The van der Waals surface area contributed by atoms with Crippen LogP contribution in [0.2, 0.25) is 0 Å². The summed E-state index contributed by atoms with van der Waals surface area (Å²) < 4.78 is 5.22. The van der Waals surface area contributed by atoms with E-state index in [-0.39, 0.29) is 24.5 Å². The number of anilines is 2. The highest BCUT2D eigenvalue weighted by atomic mass is 16.6. The van der Waals surface area contributed by atoms with Crippen molar-refractivity contribution < 1.29 is 19.6 Å². The fraction of sp³-hybridized carbons (Fsp3) is 0.188. The van der Waals surface area contributed by atoms with E-state index in [1.165, 1.54) is 30.2 Å². The second-order valence-corrected chi connectivity index (χ2v) is 4.75. The van der Waals surface area contributed by atoms with Gasteiger partial charge in [0.25, 0.3) is 5.69 Å². The molecular formula is C16H17N3O5. The van der Waals surface area contributed by atoms with Crippen LogP contribution in [0.25, 0.3) is 0 Å². The van der Waals surface area contributed by atoms with Crippen molar-refractivity contribution in [2.75, 3.05) is 30.5 Å². The van der Waals surface area contributed by atoms with E-state index < -0.39 is 11.0 Å². The van der Waals surface area contributed by atoms with E-state index in [4.69, 9.17) is 4.74 Å². The zero-order valence-electron chi connectivity index (χ0n) is 13.0. The summed E-state index contributed by atoms with van der Waals surface area (Å²) in [7, 11) is 1.47. The standard InChI is InChI=1S/C16H17N3O5/c1-24-15-9-5-4-8-14(15)18(10-11-20)16(21)17-12-6-2-3-7-13(12)19(22)23/h2-9,20H,10-11H2,1H3,(H,17,21). The van der Waals surface area contributed by atoms with Gasteiger partial charge in [-0.05, 0) is 18.2 Å². The number of carbonyl (C=O) groups excluding carboxylic acids is 1.